The summed E-state index contributed by atoms with van der Waals surface area (Å²) >= 11 is 0. The topological polar surface area (TPSA) is 39.1 Å². The van der Waals surface area contributed by atoms with Crippen LogP contribution in [-0.4, -0.2) is 29.8 Å². The van der Waals surface area contributed by atoms with E-state index in [9.17, 15) is 0 Å². The summed E-state index contributed by atoms with van der Waals surface area (Å²) in [5.74, 6) is 0.984. The van der Waals surface area contributed by atoms with Crippen LogP contribution in [0.3, 0.4) is 0 Å². The summed E-state index contributed by atoms with van der Waals surface area (Å²) in [6, 6.07) is 0. The first-order chi connectivity index (χ1) is 8.63. The van der Waals surface area contributed by atoms with Crippen molar-refractivity contribution in [2.75, 3.05) is 25.6 Å². The zero-order chi connectivity index (χ0) is 13.0. The molecule has 0 atom stereocenters. The van der Waals surface area contributed by atoms with Crippen molar-refractivity contribution in [2.45, 2.75) is 46.1 Å². The van der Waals surface area contributed by atoms with Crippen LogP contribution in [0.5, 0.6) is 0 Å². The average molecular weight is 251 g/mol. The van der Waals surface area contributed by atoms with Gasteiger partial charge >= 0.3 is 0 Å². The monoisotopic (exact) mass is 251 g/mol. The Balaban J connectivity index is 2.02. The molecule has 1 saturated carbocycles. The fraction of sp³-hybridized carbons (Fsp3) is 0.786. The first-order valence-corrected chi connectivity index (χ1v) is 6.90. The predicted octanol–water partition coefficient (Wildman–Crippen LogP) is 2.83. The number of methoxy groups -OCH3 is 1. The Kier molecular flexibility index (Phi) is 4.27. The van der Waals surface area contributed by atoms with E-state index in [1.807, 2.05) is 0 Å². The average Bonchev–Trinajstić information content (AvgIpc) is 2.87. The molecule has 1 fully saturated rings. The number of aromatic nitrogens is 2. The van der Waals surface area contributed by atoms with Crippen molar-refractivity contribution in [3.63, 3.8) is 0 Å². The first-order valence-electron chi connectivity index (χ1n) is 6.90. The summed E-state index contributed by atoms with van der Waals surface area (Å²) in [5, 5.41) is 3.35. The van der Waals surface area contributed by atoms with Gasteiger partial charge in [-0.2, -0.15) is 0 Å². The Morgan fingerprint density at radius 2 is 2.17 bits per heavy atom. The SMILES string of the molecule is COCCNc1nc(C)cn1CC1(C)CCCC1. The summed E-state index contributed by atoms with van der Waals surface area (Å²) < 4.78 is 7.34. The highest BCUT2D eigenvalue weighted by atomic mass is 16.5. The smallest absolute Gasteiger partial charge is 0.203 e. The Labute approximate surface area is 110 Å². The van der Waals surface area contributed by atoms with Gasteiger partial charge in [-0.1, -0.05) is 19.8 Å². The van der Waals surface area contributed by atoms with Crippen molar-refractivity contribution in [3.8, 4) is 0 Å². The molecular formula is C14H25N3O. The molecule has 102 valence electrons. The molecular weight excluding hydrogens is 226 g/mol. The number of aryl methyl sites for hydroxylation is 1. The number of nitrogens with one attached hydrogen (secondary N) is 1. The molecule has 18 heavy (non-hydrogen) atoms. The molecule has 4 heteroatoms. The molecule has 1 N–H and O–H groups in total. The largest absolute Gasteiger partial charge is 0.383 e. The molecule has 0 aliphatic heterocycles. The standard InChI is InChI=1S/C14H25N3O/c1-12-10-17(11-14(2)6-4-5-7-14)13(16-12)15-8-9-18-3/h10H,4-9,11H2,1-3H3,(H,15,16). The minimum atomic E-state index is 0.449. The van der Waals surface area contributed by atoms with Gasteiger partial charge in [0.2, 0.25) is 5.95 Å². The van der Waals surface area contributed by atoms with Crippen LogP contribution in [0.4, 0.5) is 5.95 Å². The van der Waals surface area contributed by atoms with Crippen molar-refractivity contribution in [1.29, 1.82) is 0 Å². The van der Waals surface area contributed by atoms with Crippen LogP contribution >= 0.6 is 0 Å². The Morgan fingerprint density at radius 3 is 2.83 bits per heavy atom. The summed E-state index contributed by atoms with van der Waals surface area (Å²) in [4.78, 5) is 4.55. The fourth-order valence-electron chi connectivity index (χ4n) is 2.87. The van der Waals surface area contributed by atoms with Crippen molar-refractivity contribution in [1.82, 2.24) is 9.55 Å². The maximum absolute atomic E-state index is 5.06. The van der Waals surface area contributed by atoms with Gasteiger partial charge in [-0.15, -0.1) is 0 Å². The van der Waals surface area contributed by atoms with Gasteiger partial charge in [-0.3, -0.25) is 0 Å². The molecule has 0 bridgehead atoms. The second kappa shape index (κ2) is 5.74. The van der Waals surface area contributed by atoms with Crippen molar-refractivity contribution >= 4 is 5.95 Å². The van der Waals surface area contributed by atoms with Crippen molar-refractivity contribution in [3.05, 3.63) is 11.9 Å². The number of rotatable bonds is 6. The molecule has 0 spiro atoms. The molecule has 0 unspecified atom stereocenters. The highest BCUT2D eigenvalue weighted by Crippen LogP contribution is 2.39. The van der Waals surface area contributed by atoms with Gasteiger partial charge in [-0.25, -0.2) is 4.98 Å². The second-order valence-corrected chi connectivity index (χ2v) is 5.77. The third-order valence-electron chi connectivity index (χ3n) is 3.85. The minimum Gasteiger partial charge on any atom is -0.383 e. The normalized spacial score (nSPS) is 18.2. The number of ether oxygens (including phenoxy) is 1. The maximum Gasteiger partial charge on any atom is 0.203 e. The second-order valence-electron chi connectivity index (χ2n) is 5.77. The molecule has 1 heterocycles. The molecule has 1 aromatic heterocycles. The highest BCUT2D eigenvalue weighted by molar-refractivity contribution is 5.28. The van der Waals surface area contributed by atoms with E-state index in [-0.39, 0.29) is 0 Å². The molecule has 1 aromatic rings. The number of nitrogens with zero attached hydrogens (tertiary/aromatic N) is 2. The van der Waals surface area contributed by atoms with E-state index < -0.39 is 0 Å². The van der Waals surface area contributed by atoms with Gasteiger partial charge in [-0.05, 0) is 25.2 Å². The van der Waals surface area contributed by atoms with Gasteiger partial charge in [0.1, 0.15) is 0 Å². The van der Waals surface area contributed by atoms with Gasteiger partial charge in [0.25, 0.3) is 0 Å². The number of imidazole rings is 1. The molecule has 0 amide bonds. The van der Waals surface area contributed by atoms with E-state index in [1.54, 1.807) is 7.11 Å². The molecule has 1 aliphatic rings. The van der Waals surface area contributed by atoms with Gasteiger partial charge in [0.15, 0.2) is 0 Å². The lowest BCUT2D eigenvalue weighted by Gasteiger charge is -2.25. The Hall–Kier alpha value is -1.03. The van der Waals surface area contributed by atoms with E-state index in [4.69, 9.17) is 4.74 Å². The number of hydrogen-bond donors (Lipinski definition) is 1. The van der Waals surface area contributed by atoms with Crippen LogP contribution in [0.2, 0.25) is 0 Å². The van der Waals surface area contributed by atoms with Crippen molar-refractivity contribution in [2.24, 2.45) is 5.41 Å². The van der Waals surface area contributed by atoms with Crippen LogP contribution in [0.15, 0.2) is 6.20 Å². The van der Waals surface area contributed by atoms with E-state index in [1.165, 1.54) is 25.7 Å². The fourth-order valence-corrected chi connectivity index (χ4v) is 2.87. The van der Waals surface area contributed by atoms with Crippen LogP contribution in [0.25, 0.3) is 0 Å². The molecule has 0 saturated heterocycles. The van der Waals surface area contributed by atoms with E-state index >= 15 is 0 Å². The van der Waals surface area contributed by atoms with Crippen molar-refractivity contribution < 1.29 is 4.74 Å². The van der Waals surface area contributed by atoms with Crippen LogP contribution in [0.1, 0.15) is 38.3 Å². The van der Waals surface area contributed by atoms with E-state index in [0.717, 1.165) is 24.7 Å². The van der Waals surface area contributed by atoms with Crippen LogP contribution < -0.4 is 5.32 Å². The minimum absolute atomic E-state index is 0.449. The lowest BCUT2D eigenvalue weighted by atomic mass is 9.89. The van der Waals surface area contributed by atoms with Gasteiger partial charge in [0, 0.05) is 26.4 Å². The van der Waals surface area contributed by atoms with E-state index in [2.05, 4.69) is 34.9 Å². The van der Waals surface area contributed by atoms with E-state index in [0.29, 0.717) is 12.0 Å². The lowest BCUT2D eigenvalue weighted by molar-refractivity contribution is 0.210. The summed E-state index contributed by atoms with van der Waals surface area (Å²) in [5.41, 5.74) is 1.53. The maximum atomic E-state index is 5.06. The number of anilines is 1. The highest BCUT2D eigenvalue weighted by Gasteiger charge is 2.29. The molecule has 0 aromatic carbocycles. The lowest BCUT2D eigenvalue weighted by Crippen LogP contribution is -2.21. The van der Waals surface area contributed by atoms with Crippen LogP contribution in [-0.2, 0) is 11.3 Å². The first kappa shape index (κ1) is 13.4. The Morgan fingerprint density at radius 1 is 1.44 bits per heavy atom. The third kappa shape index (κ3) is 3.25. The third-order valence-corrected chi connectivity index (χ3v) is 3.85. The molecule has 2 rings (SSSR count). The van der Waals surface area contributed by atoms with Gasteiger partial charge < -0.3 is 14.6 Å². The van der Waals surface area contributed by atoms with Crippen LogP contribution in [0, 0.1) is 12.3 Å². The molecule has 0 radical (unpaired) electrons. The predicted molar refractivity (Wildman–Crippen MR) is 73.9 cm³/mol. The molecule has 1 aliphatic carbocycles. The summed E-state index contributed by atoms with van der Waals surface area (Å²) in [7, 11) is 1.72. The van der Waals surface area contributed by atoms with Gasteiger partial charge in [0.05, 0.1) is 12.3 Å². The number of hydrogen-bond acceptors (Lipinski definition) is 3. The molecule has 4 nitrogen and oxygen atoms in total. The quantitative estimate of drug-likeness (QED) is 0.790. The zero-order valence-corrected chi connectivity index (χ0v) is 11.8. The summed E-state index contributed by atoms with van der Waals surface area (Å²) in [6.07, 6.45) is 7.56. The summed E-state index contributed by atoms with van der Waals surface area (Å²) in [6.45, 7) is 7.04. The Bertz CT molecular complexity index is 380. The zero-order valence-electron chi connectivity index (χ0n) is 11.8.